The van der Waals surface area contributed by atoms with Crippen LogP contribution in [-0.2, 0) is 28.6 Å². The van der Waals surface area contributed by atoms with Gasteiger partial charge in [0.05, 0.1) is 40.3 Å². The summed E-state index contributed by atoms with van der Waals surface area (Å²) in [4.78, 5) is 36.8. The van der Waals surface area contributed by atoms with Crippen molar-refractivity contribution in [2.24, 2.45) is 0 Å². The molecule has 2 atom stereocenters. The number of likely N-dealkylation sites (N-methyl/N-ethyl adjacent to an activating group) is 1. The molecule has 312 valence electrons. The Morgan fingerprint density at radius 3 is 1.51 bits per heavy atom. The number of nitrogens with zero attached hydrogens (tertiary/aromatic N) is 1. The van der Waals surface area contributed by atoms with Crippen molar-refractivity contribution in [3.8, 4) is 0 Å². The first-order valence-corrected chi connectivity index (χ1v) is 21.2. The SMILES string of the molecule is CC/C=C/C=C/C=C/CCCCCCCC(=O)OCC(COCCC(C(=O)[O-])[N+](C)(C)C)OC(=O)CCCCCCC/C=C/C=C/C=C/C=C/CCCCC. The average molecular weight is 768 g/mol. The van der Waals surface area contributed by atoms with Gasteiger partial charge in [-0.15, -0.1) is 0 Å². The van der Waals surface area contributed by atoms with Crippen LogP contribution in [-0.4, -0.2) is 75.5 Å². The Kier molecular flexibility index (Phi) is 35.1. The second kappa shape index (κ2) is 37.4. The van der Waals surface area contributed by atoms with Gasteiger partial charge in [-0.3, -0.25) is 9.59 Å². The number of rotatable bonds is 36. The maximum atomic E-state index is 12.7. The molecule has 8 heteroatoms. The number of aliphatic carboxylic acids is 1. The summed E-state index contributed by atoms with van der Waals surface area (Å²) in [7, 11) is 5.38. The Morgan fingerprint density at radius 1 is 0.564 bits per heavy atom. The highest BCUT2D eigenvalue weighted by Crippen LogP contribution is 2.12. The average Bonchev–Trinajstić information content (AvgIpc) is 3.14. The normalized spacial score (nSPS) is 13.8. The van der Waals surface area contributed by atoms with E-state index in [4.69, 9.17) is 14.2 Å². The summed E-state index contributed by atoms with van der Waals surface area (Å²) in [6.45, 7) is 4.42. The first-order valence-electron chi connectivity index (χ1n) is 21.2. The standard InChI is InChI=1S/C47H77NO7/c1-6-8-10-12-14-16-18-20-21-22-23-24-26-28-30-32-34-36-38-46(50)55-43(41-53-40-39-44(47(51)52)48(3,4)5)42-54-45(49)37-35-33-31-29-27-25-19-17-15-13-11-9-7-2/h9,11,13-24,43-44H,6-8,10,12,25-42H2,1-5H3/b11-9+,15-13+,16-14+,19-17+,20-18+,22-21+,24-23+. The van der Waals surface area contributed by atoms with Gasteiger partial charge in [0.25, 0.3) is 0 Å². The fourth-order valence-electron chi connectivity index (χ4n) is 5.61. The molecule has 0 radical (unpaired) electrons. The largest absolute Gasteiger partial charge is 0.544 e. The number of carboxylic acid groups (broad SMARTS) is 1. The molecule has 0 N–H and O–H groups in total. The van der Waals surface area contributed by atoms with Gasteiger partial charge in [-0.25, -0.2) is 0 Å². The lowest BCUT2D eigenvalue weighted by molar-refractivity contribution is -0.889. The topological polar surface area (TPSA) is 102 Å². The molecule has 0 spiro atoms. The molecule has 2 unspecified atom stereocenters. The maximum Gasteiger partial charge on any atom is 0.306 e. The number of quaternary nitrogens is 1. The molecule has 0 rings (SSSR count). The summed E-state index contributed by atoms with van der Waals surface area (Å²) < 4.78 is 17.1. The van der Waals surface area contributed by atoms with E-state index in [0.717, 1.165) is 89.9 Å². The van der Waals surface area contributed by atoms with Crippen LogP contribution in [0.2, 0.25) is 0 Å². The van der Waals surface area contributed by atoms with Crippen LogP contribution in [0.15, 0.2) is 85.1 Å². The third-order valence-electron chi connectivity index (χ3n) is 8.92. The lowest BCUT2D eigenvalue weighted by Crippen LogP contribution is -2.55. The van der Waals surface area contributed by atoms with Crippen LogP contribution >= 0.6 is 0 Å². The fraction of sp³-hybridized carbons (Fsp3) is 0.638. The fourth-order valence-corrected chi connectivity index (χ4v) is 5.61. The monoisotopic (exact) mass is 768 g/mol. The number of allylic oxidation sites excluding steroid dienone is 14. The summed E-state index contributed by atoms with van der Waals surface area (Å²) >= 11 is 0. The molecule has 0 amide bonds. The van der Waals surface area contributed by atoms with Gasteiger partial charge in [0.15, 0.2) is 6.10 Å². The molecular formula is C47H77NO7. The number of ether oxygens (including phenoxy) is 3. The summed E-state index contributed by atoms with van der Waals surface area (Å²) in [5, 5.41) is 11.6. The lowest BCUT2D eigenvalue weighted by atomic mass is 10.1. The first kappa shape index (κ1) is 51.5. The molecule has 0 bridgehead atoms. The Labute approximate surface area is 335 Å². The van der Waals surface area contributed by atoms with E-state index in [2.05, 4.69) is 74.6 Å². The van der Waals surface area contributed by atoms with Crippen molar-refractivity contribution < 1.29 is 38.2 Å². The van der Waals surface area contributed by atoms with Gasteiger partial charge < -0.3 is 28.6 Å². The van der Waals surface area contributed by atoms with Gasteiger partial charge in [-0.2, -0.15) is 0 Å². The number of hydrogen-bond donors (Lipinski definition) is 0. The van der Waals surface area contributed by atoms with Gasteiger partial charge in [-0.05, 0) is 57.8 Å². The molecule has 0 fully saturated rings. The lowest BCUT2D eigenvalue weighted by Gasteiger charge is -2.34. The van der Waals surface area contributed by atoms with Crippen LogP contribution in [0.3, 0.4) is 0 Å². The Balaban J connectivity index is 4.47. The molecule has 0 aromatic rings. The van der Waals surface area contributed by atoms with E-state index in [1.54, 1.807) is 21.1 Å². The number of carbonyl (C=O) groups excluding carboxylic acids is 3. The van der Waals surface area contributed by atoms with Gasteiger partial charge in [0.2, 0.25) is 0 Å². The zero-order valence-corrected chi connectivity index (χ0v) is 35.3. The quantitative estimate of drug-likeness (QED) is 0.0271. The molecule has 0 aliphatic rings. The van der Waals surface area contributed by atoms with Crippen LogP contribution in [0.4, 0.5) is 0 Å². The highest BCUT2D eigenvalue weighted by Gasteiger charge is 2.25. The zero-order chi connectivity index (χ0) is 40.7. The zero-order valence-electron chi connectivity index (χ0n) is 35.3. The van der Waals surface area contributed by atoms with E-state index >= 15 is 0 Å². The molecule has 0 aliphatic heterocycles. The minimum Gasteiger partial charge on any atom is -0.544 e. The molecule has 8 nitrogen and oxygen atoms in total. The Hall–Kier alpha value is -3.49. The van der Waals surface area contributed by atoms with Crippen LogP contribution in [0.25, 0.3) is 0 Å². The molecule has 0 aromatic carbocycles. The third-order valence-corrected chi connectivity index (χ3v) is 8.92. The van der Waals surface area contributed by atoms with E-state index in [-0.39, 0.29) is 49.1 Å². The van der Waals surface area contributed by atoms with Crippen molar-refractivity contribution in [2.45, 2.75) is 154 Å². The first-order chi connectivity index (χ1) is 26.6. The van der Waals surface area contributed by atoms with E-state index < -0.39 is 18.1 Å². The van der Waals surface area contributed by atoms with Crippen LogP contribution in [0.1, 0.15) is 142 Å². The van der Waals surface area contributed by atoms with Gasteiger partial charge >= 0.3 is 11.9 Å². The van der Waals surface area contributed by atoms with Crippen molar-refractivity contribution in [3.63, 3.8) is 0 Å². The minimum atomic E-state index is -1.14. The minimum absolute atomic E-state index is 0.0186. The number of carbonyl (C=O) groups is 3. The number of carboxylic acids is 1. The molecule has 0 aromatic heterocycles. The molecule has 0 saturated heterocycles. The van der Waals surface area contributed by atoms with E-state index in [1.807, 2.05) is 24.3 Å². The Morgan fingerprint density at radius 2 is 1.02 bits per heavy atom. The van der Waals surface area contributed by atoms with Crippen LogP contribution < -0.4 is 5.11 Å². The smallest absolute Gasteiger partial charge is 0.306 e. The molecule has 0 heterocycles. The second-order valence-electron chi connectivity index (χ2n) is 15.0. The predicted octanol–water partition coefficient (Wildman–Crippen LogP) is 10.0. The van der Waals surface area contributed by atoms with Crippen molar-refractivity contribution >= 4 is 17.9 Å². The highest BCUT2D eigenvalue weighted by atomic mass is 16.6. The maximum absolute atomic E-state index is 12.7. The van der Waals surface area contributed by atoms with Crippen molar-refractivity contribution in [1.29, 1.82) is 0 Å². The van der Waals surface area contributed by atoms with Gasteiger partial charge in [0, 0.05) is 19.3 Å². The van der Waals surface area contributed by atoms with E-state index in [0.29, 0.717) is 6.42 Å². The van der Waals surface area contributed by atoms with Gasteiger partial charge in [0.1, 0.15) is 12.6 Å². The predicted molar refractivity (Wildman–Crippen MR) is 226 cm³/mol. The number of unbranched alkanes of at least 4 members (excludes halogenated alkanes) is 13. The summed E-state index contributed by atoms with van der Waals surface area (Å²) in [6.07, 6.45) is 47.4. The second-order valence-corrected chi connectivity index (χ2v) is 15.0. The summed E-state index contributed by atoms with van der Waals surface area (Å²) in [5.74, 6) is -1.81. The molecule has 55 heavy (non-hydrogen) atoms. The highest BCUT2D eigenvalue weighted by molar-refractivity contribution is 5.70. The van der Waals surface area contributed by atoms with E-state index in [1.165, 1.54) is 19.3 Å². The third kappa shape index (κ3) is 35.9. The van der Waals surface area contributed by atoms with Crippen LogP contribution in [0, 0.1) is 0 Å². The number of esters is 2. The van der Waals surface area contributed by atoms with Crippen molar-refractivity contribution in [2.75, 3.05) is 41.0 Å². The summed E-state index contributed by atoms with van der Waals surface area (Å²) in [6, 6.07) is -0.738. The number of hydrogen-bond acceptors (Lipinski definition) is 7. The van der Waals surface area contributed by atoms with Crippen molar-refractivity contribution in [3.05, 3.63) is 85.1 Å². The molecule has 0 aliphatic carbocycles. The summed E-state index contributed by atoms with van der Waals surface area (Å²) in [5.41, 5.74) is 0. The Bertz CT molecular complexity index is 1170. The van der Waals surface area contributed by atoms with Crippen LogP contribution in [0.5, 0.6) is 0 Å². The van der Waals surface area contributed by atoms with E-state index in [9.17, 15) is 19.5 Å². The van der Waals surface area contributed by atoms with Gasteiger partial charge in [-0.1, -0.05) is 150 Å². The molecular weight excluding hydrogens is 691 g/mol. The molecule has 0 saturated carbocycles. The van der Waals surface area contributed by atoms with Crippen molar-refractivity contribution in [1.82, 2.24) is 0 Å².